The molecule has 0 saturated carbocycles. The molecule has 0 aromatic heterocycles. The first-order valence-corrected chi connectivity index (χ1v) is 7.04. The lowest BCUT2D eigenvalue weighted by Crippen LogP contribution is -2.32. The molecule has 0 bridgehead atoms. The predicted molar refractivity (Wildman–Crippen MR) is 75.3 cm³/mol. The molecule has 1 unspecified atom stereocenters. The summed E-state index contributed by atoms with van der Waals surface area (Å²) < 4.78 is 11.3. The smallest absolute Gasteiger partial charge is 0.157 e. The molecule has 1 aliphatic rings. The highest BCUT2D eigenvalue weighted by atomic mass is 16.7. The van der Waals surface area contributed by atoms with Gasteiger partial charge in [0.25, 0.3) is 0 Å². The molecule has 19 heavy (non-hydrogen) atoms. The van der Waals surface area contributed by atoms with Gasteiger partial charge in [-0.25, -0.2) is 0 Å². The van der Waals surface area contributed by atoms with E-state index in [0.29, 0.717) is 13.2 Å². The lowest BCUT2D eigenvalue weighted by atomic mass is 10.2. The fourth-order valence-electron chi connectivity index (χ4n) is 2.27. The number of benzene rings is 1. The largest absolute Gasteiger partial charge is 0.395 e. The van der Waals surface area contributed by atoms with Gasteiger partial charge in [-0.1, -0.05) is 18.2 Å². The van der Waals surface area contributed by atoms with E-state index in [0.717, 1.165) is 31.7 Å². The Morgan fingerprint density at radius 2 is 2.05 bits per heavy atom. The van der Waals surface area contributed by atoms with Crippen molar-refractivity contribution in [2.75, 3.05) is 37.8 Å². The average molecular weight is 265 g/mol. The summed E-state index contributed by atoms with van der Waals surface area (Å²) in [5.41, 5.74) is 1.12. The molecule has 1 aromatic carbocycles. The fourth-order valence-corrected chi connectivity index (χ4v) is 2.27. The van der Waals surface area contributed by atoms with Crippen molar-refractivity contribution in [2.45, 2.75) is 25.6 Å². The lowest BCUT2D eigenvalue weighted by Gasteiger charge is -2.27. The summed E-state index contributed by atoms with van der Waals surface area (Å²) >= 11 is 0. The van der Waals surface area contributed by atoms with Gasteiger partial charge in [0, 0.05) is 25.4 Å². The molecule has 4 nitrogen and oxygen atoms in total. The molecule has 1 N–H and O–H groups in total. The molecule has 106 valence electrons. The SMILES string of the molecule is OCCN(CCOC1CCCCO1)c1ccccc1. The van der Waals surface area contributed by atoms with E-state index >= 15 is 0 Å². The van der Waals surface area contributed by atoms with Crippen LogP contribution in [0.3, 0.4) is 0 Å². The zero-order valence-corrected chi connectivity index (χ0v) is 11.3. The molecule has 1 aromatic rings. The molecule has 4 heteroatoms. The van der Waals surface area contributed by atoms with Gasteiger partial charge in [0.05, 0.1) is 13.2 Å². The van der Waals surface area contributed by atoms with Crippen molar-refractivity contribution >= 4 is 5.69 Å². The van der Waals surface area contributed by atoms with E-state index in [-0.39, 0.29) is 12.9 Å². The lowest BCUT2D eigenvalue weighted by molar-refractivity contribution is -0.160. The van der Waals surface area contributed by atoms with Crippen LogP contribution in [0.5, 0.6) is 0 Å². The first-order chi connectivity index (χ1) is 9.40. The number of rotatable bonds is 7. The van der Waals surface area contributed by atoms with Crippen LogP contribution in [0.2, 0.25) is 0 Å². The van der Waals surface area contributed by atoms with E-state index in [1.807, 2.05) is 30.3 Å². The van der Waals surface area contributed by atoms with E-state index in [9.17, 15) is 0 Å². The number of ether oxygens (including phenoxy) is 2. The van der Waals surface area contributed by atoms with Gasteiger partial charge in [0.2, 0.25) is 0 Å². The molecule has 0 aliphatic carbocycles. The van der Waals surface area contributed by atoms with E-state index < -0.39 is 0 Å². The zero-order valence-electron chi connectivity index (χ0n) is 11.3. The van der Waals surface area contributed by atoms with Crippen molar-refractivity contribution in [1.29, 1.82) is 0 Å². The highest BCUT2D eigenvalue weighted by molar-refractivity contribution is 5.45. The van der Waals surface area contributed by atoms with Crippen molar-refractivity contribution in [3.63, 3.8) is 0 Å². The zero-order chi connectivity index (χ0) is 13.3. The molecule has 1 aliphatic heterocycles. The number of para-hydroxylation sites is 1. The Morgan fingerprint density at radius 1 is 1.21 bits per heavy atom. The molecule has 0 amide bonds. The second kappa shape index (κ2) is 8.15. The van der Waals surface area contributed by atoms with Crippen molar-refractivity contribution in [2.24, 2.45) is 0 Å². The molecule has 1 atom stereocenters. The Morgan fingerprint density at radius 3 is 2.74 bits per heavy atom. The number of hydrogen-bond acceptors (Lipinski definition) is 4. The minimum Gasteiger partial charge on any atom is -0.395 e. The molecular formula is C15H23NO3. The van der Waals surface area contributed by atoms with Crippen LogP contribution in [0.15, 0.2) is 30.3 Å². The van der Waals surface area contributed by atoms with Gasteiger partial charge in [0.15, 0.2) is 6.29 Å². The van der Waals surface area contributed by atoms with Crippen LogP contribution in [-0.2, 0) is 9.47 Å². The van der Waals surface area contributed by atoms with Crippen molar-refractivity contribution in [3.05, 3.63) is 30.3 Å². The van der Waals surface area contributed by atoms with Crippen LogP contribution in [0.4, 0.5) is 5.69 Å². The maximum atomic E-state index is 9.14. The van der Waals surface area contributed by atoms with Crippen molar-refractivity contribution in [3.8, 4) is 0 Å². The fraction of sp³-hybridized carbons (Fsp3) is 0.600. The van der Waals surface area contributed by atoms with Crippen LogP contribution in [-0.4, -0.2) is 44.3 Å². The first kappa shape index (κ1) is 14.3. The Labute approximate surface area is 114 Å². The number of anilines is 1. The minimum atomic E-state index is -0.0412. The predicted octanol–water partition coefficient (Wildman–Crippen LogP) is 2.03. The summed E-state index contributed by atoms with van der Waals surface area (Å²) in [5, 5.41) is 9.14. The third-order valence-electron chi connectivity index (χ3n) is 3.29. The molecule has 1 heterocycles. The highest BCUT2D eigenvalue weighted by Crippen LogP contribution is 2.15. The molecule has 2 rings (SSSR count). The third kappa shape index (κ3) is 4.82. The normalized spacial score (nSPS) is 19.3. The average Bonchev–Trinajstić information content (AvgIpc) is 2.48. The van der Waals surface area contributed by atoms with Crippen LogP contribution in [0, 0.1) is 0 Å². The Kier molecular flexibility index (Phi) is 6.14. The molecule has 1 saturated heterocycles. The Bertz CT molecular complexity index is 339. The number of hydrogen-bond donors (Lipinski definition) is 1. The van der Waals surface area contributed by atoms with Crippen molar-refractivity contribution in [1.82, 2.24) is 0 Å². The standard InChI is InChI=1S/C15H23NO3/c17-11-9-16(14-6-2-1-3-7-14)10-13-19-15-8-4-5-12-18-15/h1-3,6-7,15,17H,4-5,8-13H2. The second-order valence-corrected chi connectivity index (χ2v) is 4.71. The van der Waals surface area contributed by atoms with E-state index in [1.54, 1.807) is 0 Å². The van der Waals surface area contributed by atoms with Gasteiger partial charge in [-0.3, -0.25) is 0 Å². The Balaban J connectivity index is 1.77. The maximum absolute atomic E-state index is 9.14. The summed E-state index contributed by atoms with van der Waals surface area (Å²) in [4.78, 5) is 2.13. The summed E-state index contributed by atoms with van der Waals surface area (Å²) in [7, 11) is 0. The van der Waals surface area contributed by atoms with Crippen LogP contribution in [0.25, 0.3) is 0 Å². The monoisotopic (exact) mass is 265 g/mol. The summed E-state index contributed by atoms with van der Waals surface area (Å²) in [6, 6.07) is 10.1. The maximum Gasteiger partial charge on any atom is 0.157 e. The Hall–Kier alpha value is -1.10. The molecular weight excluding hydrogens is 242 g/mol. The van der Waals surface area contributed by atoms with Crippen molar-refractivity contribution < 1.29 is 14.6 Å². The molecule has 0 radical (unpaired) electrons. The summed E-state index contributed by atoms with van der Waals surface area (Å²) in [6.07, 6.45) is 3.27. The van der Waals surface area contributed by atoms with Gasteiger partial charge < -0.3 is 19.5 Å². The molecule has 1 fully saturated rings. The van der Waals surface area contributed by atoms with Crippen LogP contribution < -0.4 is 4.90 Å². The third-order valence-corrected chi connectivity index (χ3v) is 3.29. The van der Waals surface area contributed by atoms with E-state index in [2.05, 4.69) is 4.90 Å². The van der Waals surface area contributed by atoms with Gasteiger partial charge in [-0.15, -0.1) is 0 Å². The number of aliphatic hydroxyl groups excluding tert-OH is 1. The van der Waals surface area contributed by atoms with Gasteiger partial charge in [0.1, 0.15) is 0 Å². The van der Waals surface area contributed by atoms with Gasteiger partial charge in [-0.05, 0) is 31.4 Å². The number of nitrogens with zero attached hydrogens (tertiary/aromatic N) is 1. The summed E-state index contributed by atoms with van der Waals surface area (Å²) in [6.45, 7) is 2.97. The number of aliphatic hydroxyl groups is 1. The minimum absolute atomic E-state index is 0.0412. The topological polar surface area (TPSA) is 41.9 Å². The highest BCUT2D eigenvalue weighted by Gasteiger charge is 2.14. The van der Waals surface area contributed by atoms with E-state index in [4.69, 9.17) is 14.6 Å². The van der Waals surface area contributed by atoms with Crippen LogP contribution in [0.1, 0.15) is 19.3 Å². The first-order valence-electron chi connectivity index (χ1n) is 7.04. The van der Waals surface area contributed by atoms with Crippen LogP contribution >= 0.6 is 0 Å². The van der Waals surface area contributed by atoms with E-state index in [1.165, 1.54) is 6.42 Å². The second-order valence-electron chi connectivity index (χ2n) is 4.71. The van der Waals surface area contributed by atoms with Gasteiger partial charge >= 0.3 is 0 Å². The quantitative estimate of drug-likeness (QED) is 0.819. The summed E-state index contributed by atoms with van der Waals surface area (Å²) in [5.74, 6) is 0. The molecule has 0 spiro atoms. The van der Waals surface area contributed by atoms with Gasteiger partial charge in [-0.2, -0.15) is 0 Å².